The monoisotopic (exact) mass is 463 g/mol. The number of anilines is 2. The summed E-state index contributed by atoms with van der Waals surface area (Å²) in [5, 5.41) is 5.36. The summed E-state index contributed by atoms with van der Waals surface area (Å²) in [6, 6.07) is 17.3. The molecule has 0 bridgehead atoms. The van der Waals surface area contributed by atoms with Gasteiger partial charge in [-0.2, -0.15) is 0 Å². The van der Waals surface area contributed by atoms with Crippen molar-refractivity contribution in [2.45, 2.75) is 19.8 Å². The summed E-state index contributed by atoms with van der Waals surface area (Å²) in [6.45, 7) is 6.90. The van der Waals surface area contributed by atoms with Crippen LogP contribution in [0, 0.1) is 0 Å². The second kappa shape index (κ2) is 10.1. The predicted octanol–water partition coefficient (Wildman–Crippen LogP) is 5.09. The van der Waals surface area contributed by atoms with Crippen LogP contribution in [0.1, 0.15) is 46.0 Å². The van der Waals surface area contributed by atoms with Crippen molar-refractivity contribution >= 4 is 33.8 Å². The minimum Gasteiger partial charge on any atom is -0.495 e. The predicted molar refractivity (Wildman–Crippen MR) is 134 cm³/mol. The molecule has 3 aromatic rings. The fourth-order valence-electron chi connectivity index (χ4n) is 3.98. The van der Waals surface area contributed by atoms with Gasteiger partial charge in [-0.1, -0.05) is 38.1 Å². The molecule has 0 aliphatic carbocycles. The first kappa shape index (κ1) is 22.9. The van der Waals surface area contributed by atoms with Crippen molar-refractivity contribution in [1.29, 1.82) is 0 Å². The molecule has 1 aromatic heterocycles. The molecule has 1 aliphatic rings. The van der Waals surface area contributed by atoms with Gasteiger partial charge in [0.1, 0.15) is 10.8 Å². The van der Waals surface area contributed by atoms with E-state index in [4.69, 9.17) is 4.74 Å². The Morgan fingerprint density at radius 1 is 0.970 bits per heavy atom. The molecule has 2 heterocycles. The lowest BCUT2D eigenvalue weighted by Gasteiger charge is -2.36. The highest BCUT2D eigenvalue weighted by Gasteiger charge is 2.26. The summed E-state index contributed by atoms with van der Waals surface area (Å²) in [5.74, 6) is 0.984. The number of para-hydroxylation sites is 2. The van der Waals surface area contributed by atoms with E-state index in [0.29, 0.717) is 35.1 Å². The van der Waals surface area contributed by atoms with E-state index in [2.05, 4.69) is 24.1 Å². The van der Waals surface area contributed by atoms with E-state index in [-0.39, 0.29) is 11.8 Å². The normalized spacial score (nSPS) is 13.8. The van der Waals surface area contributed by atoms with Gasteiger partial charge in [0.2, 0.25) is 0 Å². The van der Waals surface area contributed by atoms with Gasteiger partial charge in [0.25, 0.3) is 11.8 Å². The molecule has 0 saturated carbocycles. The third-order valence-electron chi connectivity index (χ3n) is 5.95. The Bertz CT molecular complexity index is 1120. The number of ether oxygens (including phenoxy) is 1. The van der Waals surface area contributed by atoms with Crippen LogP contribution >= 0.6 is 11.3 Å². The Kier molecular flexibility index (Phi) is 6.99. The topological polar surface area (TPSA) is 61.9 Å². The fourth-order valence-corrected chi connectivity index (χ4v) is 4.76. The highest BCUT2D eigenvalue weighted by atomic mass is 32.1. The Morgan fingerprint density at radius 3 is 2.33 bits per heavy atom. The minimum atomic E-state index is -0.206. The number of carbonyl (C=O) groups is 2. The van der Waals surface area contributed by atoms with Crippen molar-refractivity contribution in [1.82, 2.24) is 4.90 Å². The van der Waals surface area contributed by atoms with Crippen molar-refractivity contribution in [3.8, 4) is 5.75 Å². The lowest BCUT2D eigenvalue weighted by atomic mass is 10.0. The van der Waals surface area contributed by atoms with Gasteiger partial charge in [-0.3, -0.25) is 9.59 Å². The van der Waals surface area contributed by atoms with Crippen LogP contribution in [0.3, 0.4) is 0 Å². The van der Waals surface area contributed by atoms with Gasteiger partial charge < -0.3 is 19.9 Å². The van der Waals surface area contributed by atoms with E-state index in [1.165, 1.54) is 16.9 Å². The number of hydrogen-bond acceptors (Lipinski definition) is 5. The molecule has 172 valence electrons. The molecule has 6 nitrogen and oxygen atoms in total. The van der Waals surface area contributed by atoms with E-state index in [1.54, 1.807) is 13.2 Å². The Morgan fingerprint density at radius 2 is 1.67 bits per heavy atom. The number of thiophene rings is 1. The van der Waals surface area contributed by atoms with E-state index in [9.17, 15) is 9.59 Å². The maximum atomic E-state index is 13.2. The average molecular weight is 464 g/mol. The van der Waals surface area contributed by atoms with Crippen LogP contribution in [-0.4, -0.2) is 50.0 Å². The molecule has 1 fully saturated rings. The smallest absolute Gasteiger partial charge is 0.256 e. The number of carbonyl (C=O) groups excluding carboxylic acids is 2. The maximum Gasteiger partial charge on any atom is 0.256 e. The molecular weight excluding hydrogens is 434 g/mol. The zero-order valence-corrected chi connectivity index (χ0v) is 20.0. The fraction of sp³-hybridized carbons (Fsp3) is 0.308. The highest BCUT2D eigenvalue weighted by molar-refractivity contribution is 7.14. The minimum absolute atomic E-state index is 0.0543. The standard InChI is InChI=1S/C26H29N3O3S/c1-18(2)19-8-10-20(11-9-19)24(30)27-25-21(12-17-33-25)26(31)29-15-13-28(14-16-29)22-6-4-5-7-23(22)32-3/h4-12,17-18H,13-16H2,1-3H3,(H,27,30). The third kappa shape index (κ3) is 5.03. The molecule has 1 saturated heterocycles. The highest BCUT2D eigenvalue weighted by Crippen LogP contribution is 2.30. The molecule has 33 heavy (non-hydrogen) atoms. The van der Waals surface area contributed by atoms with Crippen LogP contribution in [-0.2, 0) is 0 Å². The van der Waals surface area contributed by atoms with Gasteiger partial charge >= 0.3 is 0 Å². The van der Waals surface area contributed by atoms with E-state index >= 15 is 0 Å². The number of amides is 2. The molecule has 0 atom stereocenters. The number of methoxy groups -OCH3 is 1. The Hall–Kier alpha value is -3.32. The van der Waals surface area contributed by atoms with Gasteiger partial charge in [0, 0.05) is 31.7 Å². The first-order valence-corrected chi connectivity index (χ1v) is 12.0. The molecule has 1 aliphatic heterocycles. The third-order valence-corrected chi connectivity index (χ3v) is 6.78. The molecule has 4 rings (SSSR count). The SMILES string of the molecule is COc1ccccc1N1CCN(C(=O)c2ccsc2NC(=O)c2ccc(C(C)C)cc2)CC1. The summed E-state index contributed by atoms with van der Waals surface area (Å²) in [7, 11) is 1.67. The zero-order chi connectivity index (χ0) is 23.4. The number of nitrogens with zero attached hydrogens (tertiary/aromatic N) is 2. The van der Waals surface area contributed by atoms with Crippen LogP contribution in [0.15, 0.2) is 60.0 Å². The van der Waals surface area contributed by atoms with E-state index < -0.39 is 0 Å². The largest absolute Gasteiger partial charge is 0.495 e. The first-order chi connectivity index (χ1) is 16.0. The Balaban J connectivity index is 1.40. The van der Waals surface area contributed by atoms with Gasteiger partial charge in [-0.25, -0.2) is 0 Å². The summed E-state index contributed by atoms with van der Waals surface area (Å²) >= 11 is 1.37. The van der Waals surface area contributed by atoms with Crippen molar-refractivity contribution in [2.24, 2.45) is 0 Å². The van der Waals surface area contributed by atoms with Crippen LogP contribution in [0.2, 0.25) is 0 Å². The molecule has 1 N–H and O–H groups in total. The van der Waals surface area contributed by atoms with Crippen LogP contribution < -0.4 is 15.0 Å². The lowest BCUT2D eigenvalue weighted by Crippen LogP contribution is -2.48. The van der Waals surface area contributed by atoms with Crippen molar-refractivity contribution in [3.63, 3.8) is 0 Å². The summed E-state index contributed by atoms with van der Waals surface area (Å²) < 4.78 is 5.48. The molecule has 7 heteroatoms. The Labute approximate surface area is 198 Å². The summed E-state index contributed by atoms with van der Waals surface area (Å²) in [4.78, 5) is 30.1. The molecule has 0 spiro atoms. The second-order valence-electron chi connectivity index (χ2n) is 8.35. The molecule has 0 unspecified atom stereocenters. The summed E-state index contributed by atoms with van der Waals surface area (Å²) in [5.41, 5.74) is 3.35. The van der Waals surface area contributed by atoms with Crippen LogP contribution in [0.5, 0.6) is 5.75 Å². The second-order valence-corrected chi connectivity index (χ2v) is 9.26. The molecule has 2 aromatic carbocycles. The van der Waals surface area contributed by atoms with Gasteiger partial charge in [0.05, 0.1) is 18.4 Å². The molecule has 2 amide bonds. The van der Waals surface area contributed by atoms with Gasteiger partial charge in [-0.15, -0.1) is 11.3 Å². The van der Waals surface area contributed by atoms with E-state index in [1.807, 2.05) is 58.8 Å². The lowest BCUT2D eigenvalue weighted by molar-refractivity contribution is 0.0748. The van der Waals surface area contributed by atoms with Crippen molar-refractivity contribution < 1.29 is 14.3 Å². The summed E-state index contributed by atoms with van der Waals surface area (Å²) in [6.07, 6.45) is 0. The van der Waals surface area contributed by atoms with E-state index in [0.717, 1.165) is 24.5 Å². The quantitative estimate of drug-likeness (QED) is 0.553. The molecular formula is C26H29N3O3S. The number of benzene rings is 2. The maximum absolute atomic E-state index is 13.2. The van der Waals surface area contributed by atoms with Gasteiger partial charge in [-0.05, 0) is 47.2 Å². The van der Waals surface area contributed by atoms with Crippen LogP contribution in [0.4, 0.5) is 10.7 Å². The number of piperazine rings is 1. The number of hydrogen-bond donors (Lipinski definition) is 1. The zero-order valence-electron chi connectivity index (χ0n) is 19.2. The average Bonchev–Trinajstić information content (AvgIpc) is 3.31. The van der Waals surface area contributed by atoms with Crippen molar-refractivity contribution in [3.05, 3.63) is 76.7 Å². The van der Waals surface area contributed by atoms with Gasteiger partial charge in [0.15, 0.2) is 0 Å². The van der Waals surface area contributed by atoms with Crippen molar-refractivity contribution in [2.75, 3.05) is 43.5 Å². The number of nitrogens with one attached hydrogen (secondary N) is 1. The molecule has 0 radical (unpaired) electrons. The number of rotatable bonds is 6. The van der Waals surface area contributed by atoms with Crippen LogP contribution in [0.25, 0.3) is 0 Å². The first-order valence-electron chi connectivity index (χ1n) is 11.1.